The van der Waals surface area contributed by atoms with Crippen LogP contribution in [0.4, 0.5) is 5.82 Å². The van der Waals surface area contributed by atoms with Crippen LogP contribution in [0, 0.1) is 20.8 Å². The highest BCUT2D eigenvalue weighted by molar-refractivity contribution is 7.99. The standard InChI is InChI=1S/C15H19N9OS/c1-5-23-15(19-21-22-23)26-8-13(25)18-12-7-11(4)20-24(12)14-16-9(2)6-10(3)17-14/h6-7H,5,8H2,1-4H3,(H,18,25). The van der Waals surface area contributed by atoms with Crippen LogP contribution < -0.4 is 5.32 Å². The average Bonchev–Trinajstić information content (AvgIpc) is 3.18. The highest BCUT2D eigenvalue weighted by atomic mass is 32.2. The number of rotatable bonds is 6. The smallest absolute Gasteiger partial charge is 0.252 e. The number of anilines is 1. The van der Waals surface area contributed by atoms with E-state index in [9.17, 15) is 4.79 Å². The molecule has 26 heavy (non-hydrogen) atoms. The van der Waals surface area contributed by atoms with Crippen LogP contribution in [-0.4, -0.2) is 51.6 Å². The number of aromatic nitrogens is 8. The molecule has 0 unspecified atom stereocenters. The number of nitrogens with one attached hydrogen (secondary N) is 1. The zero-order chi connectivity index (χ0) is 18.7. The zero-order valence-corrected chi connectivity index (χ0v) is 15.8. The number of nitrogens with zero attached hydrogens (tertiary/aromatic N) is 8. The molecule has 0 aliphatic carbocycles. The van der Waals surface area contributed by atoms with Crippen molar-refractivity contribution >= 4 is 23.5 Å². The number of carbonyl (C=O) groups is 1. The molecule has 3 heterocycles. The number of hydrogen-bond acceptors (Lipinski definition) is 8. The van der Waals surface area contributed by atoms with Crippen molar-refractivity contribution in [2.75, 3.05) is 11.1 Å². The highest BCUT2D eigenvalue weighted by Crippen LogP contribution is 2.17. The van der Waals surface area contributed by atoms with E-state index >= 15 is 0 Å². The van der Waals surface area contributed by atoms with Crippen molar-refractivity contribution in [1.82, 2.24) is 40.0 Å². The zero-order valence-electron chi connectivity index (χ0n) is 15.0. The van der Waals surface area contributed by atoms with Crippen LogP contribution in [0.15, 0.2) is 17.3 Å². The molecule has 11 heteroatoms. The van der Waals surface area contributed by atoms with Gasteiger partial charge in [-0.1, -0.05) is 11.8 Å². The Hall–Kier alpha value is -2.82. The molecule has 3 aromatic rings. The van der Waals surface area contributed by atoms with E-state index in [1.807, 2.05) is 33.8 Å². The second kappa shape index (κ2) is 7.60. The van der Waals surface area contributed by atoms with Gasteiger partial charge in [-0.3, -0.25) is 4.79 Å². The van der Waals surface area contributed by atoms with E-state index in [-0.39, 0.29) is 11.7 Å². The largest absolute Gasteiger partial charge is 0.310 e. The van der Waals surface area contributed by atoms with Crippen molar-refractivity contribution in [2.24, 2.45) is 0 Å². The van der Waals surface area contributed by atoms with Crippen molar-refractivity contribution in [2.45, 2.75) is 39.4 Å². The summed E-state index contributed by atoms with van der Waals surface area (Å²) in [5.74, 6) is 0.936. The first-order valence-electron chi connectivity index (χ1n) is 8.04. The molecular formula is C15H19N9OS. The summed E-state index contributed by atoms with van der Waals surface area (Å²) >= 11 is 1.27. The lowest BCUT2D eigenvalue weighted by molar-refractivity contribution is -0.113. The third kappa shape index (κ3) is 4.04. The van der Waals surface area contributed by atoms with Gasteiger partial charge in [0.05, 0.1) is 11.4 Å². The molecule has 0 aliphatic rings. The predicted octanol–water partition coefficient (Wildman–Crippen LogP) is 1.32. The minimum Gasteiger partial charge on any atom is -0.310 e. The van der Waals surface area contributed by atoms with Gasteiger partial charge in [0.2, 0.25) is 11.1 Å². The van der Waals surface area contributed by atoms with Gasteiger partial charge in [0, 0.05) is 24.0 Å². The number of hydrogen-bond donors (Lipinski definition) is 1. The molecular weight excluding hydrogens is 354 g/mol. The fourth-order valence-corrected chi connectivity index (χ4v) is 3.09. The van der Waals surface area contributed by atoms with E-state index in [0.717, 1.165) is 17.1 Å². The first-order chi connectivity index (χ1) is 12.5. The molecule has 3 aromatic heterocycles. The molecule has 0 bridgehead atoms. The van der Waals surface area contributed by atoms with E-state index in [2.05, 4.69) is 35.9 Å². The van der Waals surface area contributed by atoms with Crippen LogP contribution in [0.1, 0.15) is 24.0 Å². The van der Waals surface area contributed by atoms with Gasteiger partial charge >= 0.3 is 0 Å². The Kier molecular flexibility index (Phi) is 5.26. The molecule has 0 saturated carbocycles. The fourth-order valence-electron chi connectivity index (χ4n) is 2.35. The summed E-state index contributed by atoms with van der Waals surface area (Å²) in [6.07, 6.45) is 0. The molecule has 136 valence electrons. The Bertz CT molecular complexity index is 913. The second-order valence-corrected chi connectivity index (χ2v) is 6.59. The molecule has 0 aliphatic heterocycles. The van der Waals surface area contributed by atoms with Gasteiger partial charge in [-0.25, -0.2) is 14.6 Å². The van der Waals surface area contributed by atoms with E-state index in [0.29, 0.717) is 23.5 Å². The lowest BCUT2D eigenvalue weighted by Gasteiger charge is -2.08. The van der Waals surface area contributed by atoms with Gasteiger partial charge in [-0.2, -0.15) is 9.78 Å². The number of carbonyl (C=O) groups excluding carboxylic acids is 1. The molecule has 0 spiro atoms. The summed E-state index contributed by atoms with van der Waals surface area (Å²) in [5.41, 5.74) is 2.42. The SMILES string of the molecule is CCn1nnnc1SCC(=O)Nc1cc(C)nn1-c1nc(C)cc(C)n1. The van der Waals surface area contributed by atoms with E-state index in [4.69, 9.17) is 0 Å². The maximum Gasteiger partial charge on any atom is 0.252 e. The minimum absolute atomic E-state index is 0.179. The third-order valence-corrected chi connectivity index (χ3v) is 4.35. The topological polar surface area (TPSA) is 116 Å². The maximum absolute atomic E-state index is 12.3. The second-order valence-electron chi connectivity index (χ2n) is 5.65. The summed E-state index contributed by atoms with van der Waals surface area (Å²) in [5, 5.41) is 19.2. The van der Waals surface area contributed by atoms with Gasteiger partial charge in [-0.05, 0) is 44.2 Å². The molecule has 0 atom stereocenters. The summed E-state index contributed by atoms with van der Waals surface area (Å²) in [4.78, 5) is 21.1. The minimum atomic E-state index is -0.189. The molecule has 10 nitrogen and oxygen atoms in total. The quantitative estimate of drug-likeness (QED) is 0.643. The third-order valence-electron chi connectivity index (χ3n) is 3.39. The molecule has 1 N–H and O–H groups in total. The predicted molar refractivity (Wildman–Crippen MR) is 96.2 cm³/mol. The summed E-state index contributed by atoms with van der Waals surface area (Å²) in [7, 11) is 0. The Balaban J connectivity index is 1.74. The number of aryl methyl sites for hydroxylation is 4. The van der Waals surface area contributed by atoms with Gasteiger partial charge in [0.15, 0.2) is 0 Å². The summed E-state index contributed by atoms with van der Waals surface area (Å²) in [6.45, 7) is 8.21. The van der Waals surface area contributed by atoms with Crippen LogP contribution >= 0.6 is 11.8 Å². The lowest BCUT2D eigenvalue weighted by Crippen LogP contribution is -2.18. The van der Waals surface area contributed by atoms with E-state index < -0.39 is 0 Å². The lowest BCUT2D eigenvalue weighted by atomic mass is 10.4. The van der Waals surface area contributed by atoms with Gasteiger partial charge in [0.25, 0.3) is 5.95 Å². The normalized spacial score (nSPS) is 10.9. The van der Waals surface area contributed by atoms with Crippen LogP contribution in [0.2, 0.25) is 0 Å². The van der Waals surface area contributed by atoms with Crippen molar-refractivity contribution in [3.63, 3.8) is 0 Å². The van der Waals surface area contributed by atoms with E-state index in [1.54, 1.807) is 10.7 Å². The van der Waals surface area contributed by atoms with Crippen LogP contribution in [0.3, 0.4) is 0 Å². The number of amides is 1. The summed E-state index contributed by atoms with van der Waals surface area (Å²) < 4.78 is 3.17. The van der Waals surface area contributed by atoms with Crippen molar-refractivity contribution in [1.29, 1.82) is 0 Å². The molecule has 3 rings (SSSR count). The van der Waals surface area contributed by atoms with Gasteiger partial charge in [-0.15, -0.1) is 5.10 Å². The van der Waals surface area contributed by atoms with Crippen molar-refractivity contribution in [3.05, 3.63) is 29.2 Å². The maximum atomic E-state index is 12.3. The van der Waals surface area contributed by atoms with Crippen LogP contribution in [0.5, 0.6) is 0 Å². The van der Waals surface area contributed by atoms with Crippen LogP contribution in [-0.2, 0) is 11.3 Å². The van der Waals surface area contributed by atoms with Crippen molar-refractivity contribution in [3.8, 4) is 5.95 Å². The molecule has 0 radical (unpaired) electrons. The Labute approximate surface area is 154 Å². The van der Waals surface area contributed by atoms with Gasteiger partial charge in [0.1, 0.15) is 5.82 Å². The molecule has 0 saturated heterocycles. The Morgan fingerprint density at radius 3 is 2.58 bits per heavy atom. The number of thioether (sulfide) groups is 1. The van der Waals surface area contributed by atoms with E-state index in [1.165, 1.54) is 16.4 Å². The number of tetrazole rings is 1. The first kappa shape index (κ1) is 18.0. The first-order valence-corrected chi connectivity index (χ1v) is 9.03. The molecule has 1 amide bonds. The van der Waals surface area contributed by atoms with Gasteiger partial charge < -0.3 is 5.32 Å². The highest BCUT2D eigenvalue weighted by Gasteiger charge is 2.15. The molecule has 0 fully saturated rings. The fraction of sp³-hybridized carbons (Fsp3) is 0.400. The average molecular weight is 373 g/mol. The Morgan fingerprint density at radius 1 is 1.15 bits per heavy atom. The Morgan fingerprint density at radius 2 is 1.88 bits per heavy atom. The summed E-state index contributed by atoms with van der Waals surface area (Å²) in [6, 6.07) is 3.66. The monoisotopic (exact) mass is 373 g/mol. The molecule has 0 aromatic carbocycles. The van der Waals surface area contributed by atoms with Crippen LogP contribution in [0.25, 0.3) is 5.95 Å². The van der Waals surface area contributed by atoms with Crippen molar-refractivity contribution < 1.29 is 4.79 Å².